The van der Waals surface area contributed by atoms with Gasteiger partial charge in [-0.05, 0) is 48.7 Å². The number of aliphatic imine (C=N–C) groups is 1. The molecule has 1 heterocycles. The zero-order valence-corrected chi connectivity index (χ0v) is 14.1. The van der Waals surface area contributed by atoms with Crippen LogP contribution in [0.4, 0.5) is 11.4 Å². The van der Waals surface area contributed by atoms with Crippen LogP contribution in [0.5, 0.6) is 0 Å². The van der Waals surface area contributed by atoms with E-state index in [4.69, 9.17) is 0 Å². The third kappa shape index (κ3) is 4.01. The molecule has 0 spiro atoms. The number of nitrogens with one attached hydrogen (secondary N) is 2. The topological polar surface area (TPSA) is 70.6 Å². The van der Waals surface area contributed by atoms with Crippen LogP contribution < -0.4 is 10.6 Å². The van der Waals surface area contributed by atoms with E-state index in [1.165, 1.54) is 12.3 Å². The molecule has 1 unspecified atom stereocenters. The number of nitrogens with zero attached hydrogens (tertiary/aromatic N) is 1. The van der Waals surface area contributed by atoms with E-state index in [1.54, 1.807) is 6.08 Å². The van der Waals surface area contributed by atoms with Gasteiger partial charge < -0.3 is 10.6 Å². The Kier molecular flexibility index (Phi) is 4.75. The highest BCUT2D eigenvalue weighted by molar-refractivity contribution is 6.11. The molecule has 1 aliphatic rings. The number of amides is 2. The Hall–Kier alpha value is -3.21. The lowest BCUT2D eigenvalue weighted by atomic mass is 10.1. The Labute approximate surface area is 146 Å². The van der Waals surface area contributed by atoms with E-state index in [0.29, 0.717) is 11.4 Å². The minimum Gasteiger partial charge on any atom is -0.336 e. The molecule has 25 heavy (non-hydrogen) atoms. The third-order valence-electron chi connectivity index (χ3n) is 4.04. The standard InChI is InChI=1S/C20H19N3O2/c1-13-10-16-17(11-14(13)2)23-20(25)18(12-21-16)22-19(24)9-8-15-6-4-3-5-7-15/h3-12,18H,1-2H3,(H,22,24)(H,23,25)/b9-8-. The van der Waals surface area contributed by atoms with Crippen molar-refractivity contribution in [1.82, 2.24) is 5.32 Å². The minimum absolute atomic E-state index is 0.313. The first-order chi connectivity index (χ1) is 12.0. The fourth-order valence-corrected chi connectivity index (χ4v) is 2.48. The van der Waals surface area contributed by atoms with Crippen LogP contribution in [-0.2, 0) is 9.59 Å². The molecule has 0 bridgehead atoms. The number of fused-ring (bicyclic) bond motifs is 1. The van der Waals surface area contributed by atoms with Crippen LogP contribution in [0.15, 0.2) is 53.5 Å². The van der Waals surface area contributed by atoms with Gasteiger partial charge in [-0.2, -0.15) is 0 Å². The van der Waals surface area contributed by atoms with Gasteiger partial charge >= 0.3 is 0 Å². The van der Waals surface area contributed by atoms with Crippen molar-refractivity contribution in [3.05, 3.63) is 65.2 Å². The van der Waals surface area contributed by atoms with Crippen LogP contribution >= 0.6 is 0 Å². The molecule has 0 saturated heterocycles. The average molecular weight is 333 g/mol. The van der Waals surface area contributed by atoms with Crippen molar-refractivity contribution in [2.24, 2.45) is 4.99 Å². The smallest absolute Gasteiger partial charge is 0.252 e. The van der Waals surface area contributed by atoms with E-state index in [0.717, 1.165) is 16.7 Å². The number of anilines is 1. The maximum absolute atomic E-state index is 12.3. The van der Waals surface area contributed by atoms with E-state index >= 15 is 0 Å². The summed E-state index contributed by atoms with van der Waals surface area (Å²) in [7, 11) is 0. The van der Waals surface area contributed by atoms with E-state index in [-0.39, 0.29) is 11.8 Å². The molecule has 2 N–H and O–H groups in total. The second-order valence-corrected chi connectivity index (χ2v) is 5.95. The molecule has 0 aromatic heterocycles. The van der Waals surface area contributed by atoms with Crippen LogP contribution in [0.1, 0.15) is 16.7 Å². The molecule has 3 rings (SSSR count). The number of carbonyl (C=O) groups excluding carboxylic acids is 2. The summed E-state index contributed by atoms with van der Waals surface area (Å²) >= 11 is 0. The molecule has 0 fully saturated rings. The van der Waals surface area contributed by atoms with Crippen molar-refractivity contribution in [2.45, 2.75) is 19.9 Å². The van der Waals surface area contributed by atoms with Gasteiger partial charge in [0.1, 0.15) is 6.04 Å². The quantitative estimate of drug-likeness (QED) is 0.847. The van der Waals surface area contributed by atoms with Crippen LogP contribution in [-0.4, -0.2) is 24.1 Å². The second-order valence-electron chi connectivity index (χ2n) is 5.95. The monoisotopic (exact) mass is 333 g/mol. The first-order valence-corrected chi connectivity index (χ1v) is 8.03. The Morgan fingerprint density at radius 1 is 1.16 bits per heavy atom. The first-order valence-electron chi connectivity index (χ1n) is 8.03. The third-order valence-corrected chi connectivity index (χ3v) is 4.04. The summed E-state index contributed by atoms with van der Waals surface area (Å²) in [6.45, 7) is 3.97. The van der Waals surface area contributed by atoms with E-state index in [1.807, 2.05) is 56.3 Å². The molecule has 1 aliphatic heterocycles. The Morgan fingerprint density at radius 3 is 2.64 bits per heavy atom. The zero-order valence-electron chi connectivity index (χ0n) is 14.1. The first kappa shape index (κ1) is 16.6. The number of hydrogen-bond acceptors (Lipinski definition) is 3. The number of carbonyl (C=O) groups is 2. The van der Waals surface area contributed by atoms with Gasteiger partial charge in [0.2, 0.25) is 5.91 Å². The largest absolute Gasteiger partial charge is 0.336 e. The molecule has 1 atom stereocenters. The molecule has 0 saturated carbocycles. The maximum Gasteiger partial charge on any atom is 0.252 e. The lowest BCUT2D eigenvalue weighted by Crippen LogP contribution is -2.43. The average Bonchev–Trinajstić information content (AvgIpc) is 2.74. The second kappa shape index (κ2) is 7.13. The summed E-state index contributed by atoms with van der Waals surface area (Å²) in [5, 5.41) is 5.47. The van der Waals surface area contributed by atoms with Crippen LogP contribution in [0, 0.1) is 13.8 Å². The lowest BCUT2D eigenvalue weighted by molar-refractivity contribution is -0.122. The molecular weight excluding hydrogens is 314 g/mol. The van der Waals surface area contributed by atoms with E-state index < -0.39 is 6.04 Å². The van der Waals surface area contributed by atoms with Gasteiger partial charge in [-0.1, -0.05) is 30.3 Å². The zero-order chi connectivity index (χ0) is 17.8. The summed E-state index contributed by atoms with van der Waals surface area (Å²) in [6.07, 6.45) is 4.57. The summed E-state index contributed by atoms with van der Waals surface area (Å²) in [6, 6.07) is 12.5. The molecule has 0 aliphatic carbocycles. The molecule has 2 amide bonds. The lowest BCUT2D eigenvalue weighted by Gasteiger charge is -2.12. The summed E-state index contributed by atoms with van der Waals surface area (Å²) < 4.78 is 0. The van der Waals surface area contributed by atoms with Gasteiger partial charge in [0.25, 0.3) is 5.91 Å². The highest BCUT2D eigenvalue weighted by atomic mass is 16.2. The van der Waals surface area contributed by atoms with Crippen LogP contribution in [0.2, 0.25) is 0 Å². The molecule has 0 radical (unpaired) electrons. The predicted molar refractivity (Wildman–Crippen MR) is 100 cm³/mol. The highest BCUT2D eigenvalue weighted by Crippen LogP contribution is 2.29. The Morgan fingerprint density at radius 2 is 1.88 bits per heavy atom. The van der Waals surface area contributed by atoms with Gasteiger partial charge in [-0.15, -0.1) is 0 Å². The predicted octanol–water partition coefficient (Wildman–Crippen LogP) is 3.16. The minimum atomic E-state index is -0.819. The normalized spacial score (nSPS) is 16.2. The fraction of sp³-hybridized carbons (Fsp3) is 0.150. The van der Waals surface area contributed by atoms with Crippen molar-refractivity contribution in [3.8, 4) is 0 Å². The molecule has 2 aromatic rings. The van der Waals surface area contributed by atoms with E-state index in [2.05, 4.69) is 15.6 Å². The van der Waals surface area contributed by atoms with Crippen LogP contribution in [0.25, 0.3) is 6.08 Å². The van der Waals surface area contributed by atoms with E-state index in [9.17, 15) is 9.59 Å². The van der Waals surface area contributed by atoms with Crippen molar-refractivity contribution >= 4 is 35.5 Å². The SMILES string of the molecule is Cc1cc2c(cc1C)NC(=O)C(NC(=O)/C=C\c1ccccc1)C=N2. The van der Waals surface area contributed by atoms with Crippen LogP contribution in [0.3, 0.4) is 0 Å². The highest BCUT2D eigenvalue weighted by Gasteiger charge is 2.22. The number of benzene rings is 2. The fourth-order valence-electron chi connectivity index (χ4n) is 2.48. The molecule has 5 heteroatoms. The van der Waals surface area contributed by atoms with Crippen molar-refractivity contribution in [1.29, 1.82) is 0 Å². The summed E-state index contributed by atoms with van der Waals surface area (Å²) in [5.74, 6) is -0.666. The van der Waals surface area contributed by atoms with Gasteiger partial charge in [-0.25, -0.2) is 0 Å². The summed E-state index contributed by atoms with van der Waals surface area (Å²) in [5.41, 5.74) is 4.42. The maximum atomic E-state index is 12.3. The number of hydrogen-bond donors (Lipinski definition) is 2. The molecule has 2 aromatic carbocycles. The molecule has 126 valence electrons. The van der Waals surface area contributed by atoms with Gasteiger partial charge in [-0.3, -0.25) is 14.6 Å². The van der Waals surface area contributed by atoms with Gasteiger partial charge in [0.15, 0.2) is 0 Å². The Bertz CT molecular complexity index is 870. The van der Waals surface area contributed by atoms with Crippen molar-refractivity contribution < 1.29 is 9.59 Å². The van der Waals surface area contributed by atoms with Gasteiger partial charge in [0, 0.05) is 12.3 Å². The Balaban J connectivity index is 1.71. The summed E-state index contributed by atoms with van der Waals surface area (Å²) in [4.78, 5) is 28.8. The van der Waals surface area contributed by atoms with Crippen molar-refractivity contribution in [3.63, 3.8) is 0 Å². The molecule has 5 nitrogen and oxygen atoms in total. The van der Waals surface area contributed by atoms with Crippen molar-refractivity contribution in [2.75, 3.05) is 5.32 Å². The van der Waals surface area contributed by atoms with Gasteiger partial charge in [0.05, 0.1) is 11.4 Å². The molecular formula is C20H19N3O2. The number of aryl methyl sites for hydroxylation is 2. The number of rotatable bonds is 3.